The number of hydrogen-bond donors (Lipinski definition) is 4. The fourth-order valence-corrected chi connectivity index (χ4v) is 3.39. The maximum absolute atomic E-state index is 4.57. The predicted molar refractivity (Wildman–Crippen MR) is 130 cm³/mol. The smallest absolute Gasteiger partial charge is 0.229 e. The van der Waals surface area contributed by atoms with E-state index in [0.717, 1.165) is 42.4 Å². The first-order valence-corrected chi connectivity index (χ1v) is 10.9. The summed E-state index contributed by atoms with van der Waals surface area (Å²) in [5.41, 5.74) is 3.66. The molecule has 33 heavy (non-hydrogen) atoms. The third-order valence-electron chi connectivity index (χ3n) is 5.29. The number of aryl methyl sites for hydroxylation is 1. The van der Waals surface area contributed by atoms with Gasteiger partial charge in [0.05, 0.1) is 0 Å². The molecule has 0 unspecified atom stereocenters. The van der Waals surface area contributed by atoms with Gasteiger partial charge < -0.3 is 21.3 Å². The van der Waals surface area contributed by atoms with Gasteiger partial charge in [-0.2, -0.15) is 4.98 Å². The van der Waals surface area contributed by atoms with Gasteiger partial charge >= 0.3 is 0 Å². The normalized spacial score (nSPS) is 13.2. The van der Waals surface area contributed by atoms with Crippen LogP contribution in [0.1, 0.15) is 5.69 Å². The first-order chi connectivity index (χ1) is 16.2. The lowest BCUT2D eigenvalue weighted by Crippen LogP contribution is -2.45. The van der Waals surface area contributed by atoms with Crippen molar-refractivity contribution in [3.63, 3.8) is 0 Å². The van der Waals surface area contributed by atoms with Crippen molar-refractivity contribution < 1.29 is 0 Å². The van der Waals surface area contributed by atoms with Crippen molar-refractivity contribution in [3.8, 4) is 11.5 Å². The standard InChI is InChI=1S/C24H25N9/c1-16-3-2-4-20(29-16)23-26-11-9-21(32-23)31-22-10-12-27-24(33-22)30-19-7-5-18(6-8-19)28-15-17-13-25-14-17/h2-12,17,25,28H,13-15H2,1H3,(H2,26,27,30,31,32,33). The third-order valence-corrected chi connectivity index (χ3v) is 5.29. The van der Waals surface area contributed by atoms with E-state index in [9.17, 15) is 0 Å². The monoisotopic (exact) mass is 439 g/mol. The molecule has 1 fully saturated rings. The van der Waals surface area contributed by atoms with Crippen molar-refractivity contribution in [1.29, 1.82) is 0 Å². The molecule has 1 aliphatic rings. The highest BCUT2D eigenvalue weighted by molar-refractivity contribution is 5.61. The Hall–Kier alpha value is -4.11. The maximum Gasteiger partial charge on any atom is 0.229 e. The van der Waals surface area contributed by atoms with Crippen molar-refractivity contribution in [2.45, 2.75) is 6.92 Å². The van der Waals surface area contributed by atoms with Crippen molar-refractivity contribution >= 4 is 29.0 Å². The minimum atomic E-state index is 0.496. The summed E-state index contributed by atoms with van der Waals surface area (Å²) < 4.78 is 0. The Kier molecular flexibility index (Phi) is 6.03. The number of hydrogen-bond acceptors (Lipinski definition) is 9. The lowest BCUT2D eigenvalue weighted by Gasteiger charge is -2.27. The van der Waals surface area contributed by atoms with Crippen molar-refractivity contribution in [2.75, 3.05) is 35.6 Å². The van der Waals surface area contributed by atoms with Crippen molar-refractivity contribution in [1.82, 2.24) is 30.2 Å². The Morgan fingerprint density at radius 2 is 1.58 bits per heavy atom. The molecule has 0 amide bonds. The van der Waals surface area contributed by atoms with Gasteiger partial charge in [0.1, 0.15) is 17.3 Å². The molecule has 0 radical (unpaired) electrons. The van der Waals surface area contributed by atoms with Gasteiger partial charge in [0.25, 0.3) is 0 Å². The topological polar surface area (TPSA) is 113 Å². The van der Waals surface area contributed by atoms with Crippen LogP contribution >= 0.6 is 0 Å². The highest BCUT2D eigenvalue weighted by Crippen LogP contribution is 2.20. The second-order valence-electron chi connectivity index (χ2n) is 7.93. The zero-order valence-corrected chi connectivity index (χ0v) is 18.3. The SMILES string of the molecule is Cc1cccc(-c2nccc(Nc3ccnc(Nc4ccc(NCC5CNC5)cc4)n3)n2)n1. The van der Waals surface area contributed by atoms with E-state index < -0.39 is 0 Å². The average Bonchev–Trinajstić information content (AvgIpc) is 2.80. The molecule has 3 aromatic heterocycles. The summed E-state index contributed by atoms with van der Waals surface area (Å²) in [4.78, 5) is 22.3. The van der Waals surface area contributed by atoms with E-state index in [2.05, 4.69) is 58.3 Å². The lowest BCUT2D eigenvalue weighted by molar-refractivity contribution is 0.365. The molecular formula is C24H25N9. The van der Waals surface area contributed by atoms with Gasteiger partial charge in [-0.3, -0.25) is 0 Å². The molecule has 4 aromatic rings. The lowest BCUT2D eigenvalue weighted by atomic mass is 10.0. The molecule has 1 aliphatic heterocycles. The second-order valence-corrected chi connectivity index (χ2v) is 7.93. The summed E-state index contributed by atoms with van der Waals surface area (Å²) in [7, 11) is 0. The van der Waals surface area contributed by atoms with Gasteiger partial charge in [0.15, 0.2) is 5.82 Å². The van der Waals surface area contributed by atoms with Crippen LogP contribution in [0.15, 0.2) is 67.0 Å². The number of nitrogens with one attached hydrogen (secondary N) is 4. The van der Waals surface area contributed by atoms with E-state index in [1.54, 1.807) is 24.5 Å². The van der Waals surface area contributed by atoms with E-state index in [4.69, 9.17) is 0 Å². The Morgan fingerprint density at radius 3 is 2.33 bits per heavy atom. The van der Waals surface area contributed by atoms with Crippen LogP contribution in [-0.4, -0.2) is 44.6 Å². The Morgan fingerprint density at radius 1 is 0.818 bits per heavy atom. The zero-order chi connectivity index (χ0) is 22.5. The van der Waals surface area contributed by atoms with E-state index in [0.29, 0.717) is 29.3 Å². The van der Waals surface area contributed by atoms with Crippen LogP contribution < -0.4 is 21.3 Å². The number of rotatable bonds is 8. The molecule has 5 rings (SSSR count). The molecule has 0 saturated carbocycles. The van der Waals surface area contributed by atoms with Crippen LogP contribution in [0.5, 0.6) is 0 Å². The number of aromatic nitrogens is 5. The summed E-state index contributed by atoms with van der Waals surface area (Å²) >= 11 is 0. The van der Waals surface area contributed by atoms with Crippen LogP contribution in [0.25, 0.3) is 11.5 Å². The molecule has 0 aliphatic carbocycles. The molecule has 166 valence electrons. The Bertz CT molecular complexity index is 1220. The number of pyridine rings is 1. The van der Waals surface area contributed by atoms with Crippen LogP contribution in [0, 0.1) is 12.8 Å². The van der Waals surface area contributed by atoms with E-state index in [-0.39, 0.29) is 0 Å². The zero-order valence-electron chi connectivity index (χ0n) is 18.3. The summed E-state index contributed by atoms with van der Waals surface area (Å²) in [6.07, 6.45) is 3.40. The summed E-state index contributed by atoms with van der Waals surface area (Å²) in [6.45, 7) is 5.11. The highest BCUT2D eigenvalue weighted by Gasteiger charge is 2.15. The fourth-order valence-electron chi connectivity index (χ4n) is 3.39. The van der Waals surface area contributed by atoms with E-state index >= 15 is 0 Å². The van der Waals surface area contributed by atoms with Gasteiger partial charge in [-0.1, -0.05) is 6.07 Å². The number of benzene rings is 1. The van der Waals surface area contributed by atoms with E-state index in [1.165, 1.54) is 0 Å². The average molecular weight is 440 g/mol. The van der Waals surface area contributed by atoms with Crippen LogP contribution in [0.2, 0.25) is 0 Å². The molecule has 4 heterocycles. The first-order valence-electron chi connectivity index (χ1n) is 10.9. The molecule has 9 nitrogen and oxygen atoms in total. The molecule has 0 spiro atoms. The molecule has 0 atom stereocenters. The number of anilines is 5. The maximum atomic E-state index is 4.57. The molecule has 9 heteroatoms. The second kappa shape index (κ2) is 9.58. The summed E-state index contributed by atoms with van der Waals surface area (Å²) in [5.74, 6) is 3.02. The minimum absolute atomic E-state index is 0.496. The predicted octanol–water partition coefficient (Wildman–Crippen LogP) is 3.76. The largest absolute Gasteiger partial charge is 0.385 e. The molecule has 1 aromatic carbocycles. The van der Waals surface area contributed by atoms with Crippen LogP contribution in [-0.2, 0) is 0 Å². The van der Waals surface area contributed by atoms with Gasteiger partial charge in [-0.15, -0.1) is 0 Å². The van der Waals surface area contributed by atoms with Crippen LogP contribution in [0.4, 0.5) is 29.0 Å². The van der Waals surface area contributed by atoms with Crippen molar-refractivity contribution in [3.05, 3.63) is 72.7 Å². The Labute approximate surface area is 192 Å². The molecule has 4 N–H and O–H groups in total. The Balaban J connectivity index is 1.23. The fraction of sp³-hybridized carbons (Fsp3) is 0.208. The van der Waals surface area contributed by atoms with Crippen molar-refractivity contribution in [2.24, 2.45) is 5.92 Å². The van der Waals surface area contributed by atoms with Gasteiger partial charge in [0, 0.05) is 55.0 Å². The highest BCUT2D eigenvalue weighted by atomic mass is 15.2. The van der Waals surface area contributed by atoms with Gasteiger partial charge in [-0.05, 0) is 55.5 Å². The van der Waals surface area contributed by atoms with Gasteiger partial charge in [-0.25, -0.2) is 19.9 Å². The summed E-state index contributed by atoms with van der Waals surface area (Å²) in [5, 5.41) is 13.2. The van der Waals surface area contributed by atoms with Crippen LogP contribution in [0.3, 0.4) is 0 Å². The van der Waals surface area contributed by atoms with E-state index in [1.807, 2.05) is 37.3 Å². The quantitative estimate of drug-likeness (QED) is 0.326. The minimum Gasteiger partial charge on any atom is -0.385 e. The molecule has 0 bridgehead atoms. The molecule has 1 saturated heterocycles. The number of nitrogens with zero attached hydrogens (tertiary/aromatic N) is 5. The summed E-state index contributed by atoms with van der Waals surface area (Å²) in [6, 6.07) is 17.5. The molecular weight excluding hydrogens is 414 g/mol. The van der Waals surface area contributed by atoms with Gasteiger partial charge in [0.2, 0.25) is 5.95 Å². The first kappa shape index (κ1) is 20.8. The third kappa shape index (κ3) is 5.39.